The highest BCUT2D eigenvalue weighted by Crippen LogP contribution is 2.20. The molecule has 1 aromatic carbocycles. The van der Waals surface area contributed by atoms with E-state index in [2.05, 4.69) is 46.4 Å². The van der Waals surface area contributed by atoms with Crippen molar-refractivity contribution in [2.75, 3.05) is 0 Å². The number of aryl methyl sites for hydroxylation is 1. The van der Waals surface area contributed by atoms with Gasteiger partial charge in [0.25, 0.3) is 0 Å². The zero-order valence-corrected chi connectivity index (χ0v) is 10.8. The van der Waals surface area contributed by atoms with E-state index in [1.165, 1.54) is 15.6 Å². The quantitative estimate of drug-likeness (QED) is 0.925. The first-order valence-electron chi connectivity index (χ1n) is 5.24. The van der Waals surface area contributed by atoms with Crippen LogP contribution in [0.2, 0.25) is 0 Å². The fourth-order valence-electron chi connectivity index (χ4n) is 1.58. The lowest BCUT2D eigenvalue weighted by Gasteiger charge is -2.07. The highest BCUT2D eigenvalue weighted by atomic mass is 79.9. The second-order valence-corrected chi connectivity index (χ2v) is 4.52. The molecule has 2 rings (SSSR count). The first-order chi connectivity index (χ1) is 7.77. The number of halogens is 1. The summed E-state index contributed by atoms with van der Waals surface area (Å²) in [5.41, 5.74) is 2.53. The van der Waals surface area contributed by atoms with Gasteiger partial charge in [-0.15, -0.1) is 0 Å². The maximum Gasteiger partial charge on any atom is 0.117 e. The van der Waals surface area contributed by atoms with Crippen molar-refractivity contribution in [1.29, 1.82) is 0 Å². The van der Waals surface area contributed by atoms with Crippen LogP contribution in [0.25, 0.3) is 0 Å². The molecule has 0 unspecified atom stereocenters. The molecular weight excluding hydrogens is 266 g/mol. The Labute approximate surface area is 104 Å². The number of rotatable bonds is 4. The lowest BCUT2D eigenvalue weighted by atomic mass is 10.1. The normalized spacial score (nSPS) is 10.6. The molecule has 16 heavy (non-hydrogen) atoms. The van der Waals surface area contributed by atoms with Crippen LogP contribution in [0.1, 0.15) is 16.9 Å². The molecule has 0 spiro atoms. The van der Waals surface area contributed by atoms with Crippen LogP contribution in [0.3, 0.4) is 0 Å². The molecule has 0 saturated heterocycles. The summed E-state index contributed by atoms with van der Waals surface area (Å²) in [5, 5.41) is 3.35. The largest absolute Gasteiger partial charge is 0.468 e. The third-order valence-corrected chi connectivity index (χ3v) is 3.60. The molecule has 0 atom stereocenters. The third-order valence-electron chi connectivity index (χ3n) is 2.47. The molecule has 0 saturated carbocycles. The molecule has 0 amide bonds. The van der Waals surface area contributed by atoms with Gasteiger partial charge in [-0.1, -0.05) is 34.1 Å². The summed E-state index contributed by atoms with van der Waals surface area (Å²) >= 11 is 3.60. The second-order valence-electron chi connectivity index (χ2n) is 3.73. The Balaban J connectivity index is 1.92. The SMILES string of the molecule is Cc1cccc(CNCc2ccco2)c1Br. The number of hydrogen-bond donors (Lipinski definition) is 1. The van der Waals surface area contributed by atoms with E-state index >= 15 is 0 Å². The minimum absolute atomic E-state index is 0.757. The summed E-state index contributed by atoms with van der Waals surface area (Å²) in [5.74, 6) is 0.962. The fourth-order valence-corrected chi connectivity index (χ4v) is 1.98. The molecule has 0 aliphatic rings. The van der Waals surface area contributed by atoms with Crippen molar-refractivity contribution in [3.8, 4) is 0 Å². The lowest BCUT2D eigenvalue weighted by molar-refractivity contribution is 0.483. The van der Waals surface area contributed by atoms with Crippen LogP contribution in [0, 0.1) is 6.92 Å². The number of nitrogens with one attached hydrogen (secondary N) is 1. The van der Waals surface area contributed by atoms with Gasteiger partial charge < -0.3 is 9.73 Å². The van der Waals surface area contributed by atoms with Gasteiger partial charge in [-0.3, -0.25) is 0 Å². The molecule has 0 bridgehead atoms. The Morgan fingerprint density at radius 3 is 2.81 bits per heavy atom. The van der Waals surface area contributed by atoms with Crippen molar-refractivity contribution in [2.45, 2.75) is 20.0 Å². The van der Waals surface area contributed by atoms with Gasteiger partial charge in [0.05, 0.1) is 12.8 Å². The minimum atomic E-state index is 0.757. The standard InChI is InChI=1S/C13H14BrNO/c1-10-4-2-5-11(13(10)14)8-15-9-12-6-3-7-16-12/h2-7,15H,8-9H2,1H3. The third kappa shape index (κ3) is 2.74. The maximum absolute atomic E-state index is 5.25. The van der Waals surface area contributed by atoms with Crippen LogP contribution in [-0.4, -0.2) is 0 Å². The van der Waals surface area contributed by atoms with Gasteiger partial charge in [-0.2, -0.15) is 0 Å². The number of hydrogen-bond acceptors (Lipinski definition) is 2. The summed E-state index contributed by atoms with van der Waals surface area (Å²) in [7, 11) is 0. The van der Waals surface area contributed by atoms with Crippen molar-refractivity contribution in [3.05, 3.63) is 58.0 Å². The fraction of sp³-hybridized carbons (Fsp3) is 0.231. The van der Waals surface area contributed by atoms with Gasteiger partial charge in [-0.25, -0.2) is 0 Å². The summed E-state index contributed by atoms with van der Waals surface area (Å²) in [6.45, 7) is 3.69. The molecule has 2 nitrogen and oxygen atoms in total. The van der Waals surface area contributed by atoms with Gasteiger partial charge in [0, 0.05) is 11.0 Å². The van der Waals surface area contributed by atoms with Crippen LogP contribution in [-0.2, 0) is 13.1 Å². The Kier molecular flexibility index (Phi) is 3.80. The maximum atomic E-state index is 5.25. The average Bonchev–Trinajstić information content (AvgIpc) is 2.77. The summed E-state index contributed by atoms with van der Waals surface area (Å²) in [6.07, 6.45) is 1.69. The molecule has 0 aliphatic carbocycles. The summed E-state index contributed by atoms with van der Waals surface area (Å²) in [6, 6.07) is 10.2. The monoisotopic (exact) mass is 279 g/mol. The van der Waals surface area contributed by atoms with E-state index in [1.807, 2.05) is 12.1 Å². The highest BCUT2D eigenvalue weighted by molar-refractivity contribution is 9.10. The topological polar surface area (TPSA) is 25.2 Å². The van der Waals surface area contributed by atoms with Gasteiger partial charge >= 0.3 is 0 Å². The highest BCUT2D eigenvalue weighted by Gasteiger charge is 2.02. The average molecular weight is 280 g/mol. The predicted molar refractivity (Wildman–Crippen MR) is 68.1 cm³/mol. The molecule has 2 aromatic rings. The summed E-state index contributed by atoms with van der Waals surface area (Å²) < 4.78 is 6.43. The molecule has 0 fully saturated rings. The van der Waals surface area contributed by atoms with Crippen molar-refractivity contribution in [3.63, 3.8) is 0 Å². The van der Waals surface area contributed by atoms with E-state index in [0.29, 0.717) is 0 Å². The molecule has 0 aliphatic heterocycles. The molecule has 0 radical (unpaired) electrons. The molecule has 84 valence electrons. The number of furan rings is 1. The molecule has 3 heteroatoms. The van der Waals surface area contributed by atoms with Crippen LogP contribution in [0.15, 0.2) is 45.5 Å². The molecular formula is C13H14BrNO. The Morgan fingerprint density at radius 1 is 1.19 bits per heavy atom. The van der Waals surface area contributed by atoms with Crippen LogP contribution >= 0.6 is 15.9 Å². The van der Waals surface area contributed by atoms with E-state index in [9.17, 15) is 0 Å². The van der Waals surface area contributed by atoms with Gasteiger partial charge in [-0.05, 0) is 30.2 Å². The van der Waals surface area contributed by atoms with Crippen molar-refractivity contribution >= 4 is 15.9 Å². The Hall–Kier alpha value is -1.06. The van der Waals surface area contributed by atoms with Crippen molar-refractivity contribution in [2.24, 2.45) is 0 Å². The molecule has 1 aromatic heterocycles. The van der Waals surface area contributed by atoms with E-state index in [1.54, 1.807) is 6.26 Å². The van der Waals surface area contributed by atoms with Gasteiger partial charge in [0.15, 0.2) is 0 Å². The van der Waals surface area contributed by atoms with Crippen molar-refractivity contribution in [1.82, 2.24) is 5.32 Å². The van der Waals surface area contributed by atoms with Crippen molar-refractivity contribution < 1.29 is 4.42 Å². The van der Waals surface area contributed by atoms with Crippen LogP contribution in [0.5, 0.6) is 0 Å². The summed E-state index contributed by atoms with van der Waals surface area (Å²) in [4.78, 5) is 0. The zero-order valence-electron chi connectivity index (χ0n) is 9.16. The number of benzene rings is 1. The zero-order chi connectivity index (χ0) is 11.4. The smallest absolute Gasteiger partial charge is 0.117 e. The Morgan fingerprint density at radius 2 is 2.06 bits per heavy atom. The molecule has 1 N–H and O–H groups in total. The predicted octanol–water partition coefficient (Wildman–Crippen LogP) is 3.64. The van der Waals surface area contributed by atoms with E-state index in [0.717, 1.165) is 18.8 Å². The van der Waals surface area contributed by atoms with Gasteiger partial charge in [0.2, 0.25) is 0 Å². The van der Waals surface area contributed by atoms with Gasteiger partial charge in [0.1, 0.15) is 5.76 Å². The van der Waals surface area contributed by atoms with E-state index < -0.39 is 0 Å². The van der Waals surface area contributed by atoms with Crippen LogP contribution < -0.4 is 5.32 Å². The Bertz CT molecular complexity index is 451. The molecule has 1 heterocycles. The lowest BCUT2D eigenvalue weighted by Crippen LogP contribution is -2.12. The van der Waals surface area contributed by atoms with E-state index in [4.69, 9.17) is 4.42 Å². The first kappa shape index (κ1) is 11.4. The minimum Gasteiger partial charge on any atom is -0.468 e. The first-order valence-corrected chi connectivity index (χ1v) is 6.04. The van der Waals surface area contributed by atoms with Crippen LogP contribution in [0.4, 0.5) is 0 Å². The second kappa shape index (κ2) is 5.32. The van der Waals surface area contributed by atoms with E-state index in [-0.39, 0.29) is 0 Å².